The van der Waals surface area contributed by atoms with E-state index in [0.29, 0.717) is 52.1 Å². The molecule has 5 heterocycles. The number of phenolic OH excluding ortho intramolecular Hbond substituents is 1. The average Bonchev–Trinajstić information content (AvgIpc) is 3.21. The van der Waals surface area contributed by atoms with Gasteiger partial charge in [-0.15, -0.1) is 0 Å². The number of anilines is 1. The summed E-state index contributed by atoms with van der Waals surface area (Å²) in [6.45, 7) is 1.42. The fraction of sp³-hybridized carbons (Fsp3) is 0.614. The topological polar surface area (TPSA) is 212 Å². The van der Waals surface area contributed by atoms with Gasteiger partial charge >= 0.3 is 11.9 Å². The third kappa shape index (κ3) is 11.0. The predicted molar refractivity (Wildman–Crippen MR) is 311 cm³/mol. The number of rotatable bonds is 2. The highest BCUT2D eigenvalue weighted by Gasteiger charge is 2.69. The van der Waals surface area contributed by atoms with E-state index in [-0.39, 0.29) is 122 Å². The van der Waals surface area contributed by atoms with Crippen molar-refractivity contribution in [3.63, 3.8) is 0 Å². The predicted octanol–water partition coefficient (Wildman–Crippen LogP) is 9.50. The molecule has 3 aromatic carbocycles. The van der Waals surface area contributed by atoms with Gasteiger partial charge in [-0.3, -0.25) is 9.59 Å². The minimum absolute atomic E-state index is 0.0177. The van der Waals surface area contributed by atoms with Gasteiger partial charge in [0.05, 0.1) is 37.3 Å². The number of ketones is 1. The number of benzene rings is 3. The van der Waals surface area contributed by atoms with Gasteiger partial charge in [0.1, 0.15) is 40.7 Å². The van der Waals surface area contributed by atoms with Crippen molar-refractivity contribution >= 4 is 23.4 Å². The largest absolute Gasteiger partial charge is 0.507 e. The van der Waals surface area contributed by atoms with Crippen molar-refractivity contribution in [3.05, 3.63) is 99.1 Å². The monoisotopic (exact) mass is 1130 g/mol. The first-order valence-corrected chi connectivity index (χ1v) is 31.7. The number of aromatic hydroxyl groups is 1. The number of aliphatic hydroxyl groups is 5. The van der Waals surface area contributed by atoms with Crippen molar-refractivity contribution in [2.24, 2.45) is 47.3 Å². The maximum absolute atomic E-state index is 16.1. The van der Waals surface area contributed by atoms with Crippen LogP contribution >= 0.6 is 0 Å². The number of carbonyl (C=O) groups is 3. The quantitative estimate of drug-likeness (QED) is 0.0725. The van der Waals surface area contributed by atoms with E-state index in [2.05, 4.69) is 41.1 Å². The first-order valence-electron chi connectivity index (χ1n) is 31.7. The number of Topliss-reactive ketones (excluding diaryl/α,β-unsaturated/α-hetero) is 1. The Hall–Kier alpha value is -5.51. The van der Waals surface area contributed by atoms with Gasteiger partial charge in [0.2, 0.25) is 0 Å². The number of fused-ring (bicyclic) bond motifs is 19. The van der Waals surface area contributed by atoms with E-state index >= 15 is 4.79 Å². The molecule has 14 rings (SSSR count). The van der Waals surface area contributed by atoms with E-state index in [0.717, 1.165) is 107 Å². The highest BCUT2D eigenvalue weighted by atomic mass is 16.6. The van der Waals surface area contributed by atoms with Crippen LogP contribution in [0.2, 0.25) is 0 Å². The van der Waals surface area contributed by atoms with Crippen LogP contribution in [0.15, 0.2) is 60.2 Å². The summed E-state index contributed by atoms with van der Waals surface area (Å²) in [7, 11) is 0. The first-order chi connectivity index (χ1) is 40.1. The first kappa shape index (κ1) is 56.6. The second kappa shape index (κ2) is 23.1. The summed E-state index contributed by atoms with van der Waals surface area (Å²) in [6.07, 6.45) is 10.7. The Morgan fingerprint density at radius 2 is 1.48 bits per heavy atom. The summed E-state index contributed by atoms with van der Waals surface area (Å²) in [5.74, 6) is 10.5. The number of aliphatic hydroxyl groups excluding tert-OH is 3. The van der Waals surface area contributed by atoms with Crippen molar-refractivity contribution in [1.29, 1.82) is 0 Å². The molecule has 13 heteroatoms. The zero-order chi connectivity index (χ0) is 57.3. The fourth-order valence-electron chi connectivity index (χ4n) is 17.8. The van der Waals surface area contributed by atoms with Crippen LogP contribution in [0, 0.1) is 71.0 Å². The van der Waals surface area contributed by atoms with Crippen molar-refractivity contribution in [3.8, 4) is 35.2 Å². The number of esters is 2. The van der Waals surface area contributed by atoms with Crippen LogP contribution in [-0.4, -0.2) is 97.1 Å². The molecular weight excluding hydrogens is 1050 g/mol. The molecule has 15 atom stereocenters. The lowest BCUT2D eigenvalue weighted by molar-refractivity contribution is -0.265. The van der Waals surface area contributed by atoms with Crippen LogP contribution in [0.5, 0.6) is 11.5 Å². The Bertz CT molecular complexity index is 3160. The number of carbonyl (C=O) groups excluding carboxylic acids is 3. The lowest BCUT2D eigenvalue weighted by Crippen LogP contribution is -2.71. The second-order valence-electron chi connectivity index (χ2n) is 27.2. The highest BCUT2D eigenvalue weighted by Crippen LogP contribution is 2.66. The van der Waals surface area contributed by atoms with Crippen LogP contribution in [0.25, 0.3) is 0 Å². The average molecular weight is 1130 g/mol. The minimum atomic E-state index is -1.64. The van der Waals surface area contributed by atoms with Gasteiger partial charge in [-0.05, 0) is 177 Å². The molecule has 13 nitrogen and oxygen atoms in total. The summed E-state index contributed by atoms with van der Waals surface area (Å²) in [4.78, 5) is 44.9. The van der Waals surface area contributed by atoms with Crippen LogP contribution in [0.3, 0.4) is 0 Å². The maximum Gasteiger partial charge on any atom is 0.334 e. The third-order valence-corrected chi connectivity index (χ3v) is 22.0. The van der Waals surface area contributed by atoms with Crippen LogP contribution in [0.1, 0.15) is 192 Å². The lowest BCUT2D eigenvalue weighted by atomic mass is 9.40. The Balaban J connectivity index is 1.01. The van der Waals surface area contributed by atoms with E-state index in [1.165, 1.54) is 0 Å². The van der Waals surface area contributed by atoms with E-state index < -0.39 is 59.4 Å². The molecule has 0 aromatic heterocycles. The van der Waals surface area contributed by atoms with E-state index in [9.17, 15) is 40.2 Å². The molecule has 7 N–H and O–H groups in total. The van der Waals surface area contributed by atoms with Crippen molar-refractivity contribution in [2.45, 2.75) is 208 Å². The van der Waals surface area contributed by atoms with Gasteiger partial charge in [0.25, 0.3) is 0 Å². The van der Waals surface area contributed by atoms with Crippen molar-refractivity contribution < 1.29 is 59.2 Å². The highest BCUT2D eigenvalue weighted by molar-refractivity contribution is 5.89. The summed E-state index contributed by atoms with van der Waals surface area (Å²) in [5, 5.41) is 78.6. The number of hydrogen-bond donors (Lipinski definition) is 7. The zero-order valence-electron chi connectivity index (χ0n) is 48.0. The van der Waals surface area contributed by atoms with Gasteiger partial charge in [0.15, 0.2) is 0 Å². The number of hydrogen-bond acceptors (Lipinski definition) is 13. The number of ether oxygens (including phenoxy) is 3. The molecule has 6 saturated carbocycles. The Morgan fingerprint density at radius 3 is 2.30 bits per heavy atom. The second-order valence-corrected chi connectivity index (χ2v) is 27.2. The molecule has 5 aliphatic heterocycles. The standard InChI is InChI=1S/C70H83NO12/c1-69(79)38-71-50-30-46(29-47(31-50)58(73)16-8-9-39-17-22-52(23-18-39)81-37-60(69)75)43-19-20-44-36-62(76)83-67-55(44)33-48(66(77)63(67)42-12-3-2-4-13-42)35-61-70(80)57-15-6-5-14-53(57)54-24-21-45-34-59(74)56(64(54)65(45)70)27-41-11-7-10-40(25-41)26-51(72)32-49(28-43)68(78)82-61/h7,10-11,25,29-33,39,42-45,51-54,56-58,60-61,64-65,71-73,75,77,79-80H,2-6,12-18,21-24,26-28,34-38H2,1H3/b49-32-/t39?,43-,44+,45+,51+,52?,53-,54+,56-,57+,58-,60+,61+,64+,65+,69+,70+/m0/s1. The minimum Gasteiger partial charge on any atom is -0.507 e. The van der Waals surface area contributed by atoms with Gasteiger partial charge < -0.3 is 50.2 Å². The molecule has 83 heavy (non-hydrogen) atoms. The smallest absolute Gasteiger partial charge is 0.334 e. The van der Waals surface area contributed by atoms with Crippen LogP contribution in [-0.2, 0) is 43.1 Å². The van der Waals surface area contributed by atoms with Gasteiger partial charge in [-0.2, -0.15) is 0 Å². The number of nitrogens with one attached hydrogen (secondary N) is 1. The summed E-state index contributed by atoms with van der Waals surface area (Å²) in [6, 6.07) is 15.5. The molecule has 6 fully saturated rings. The molecular formula is C70H83NO12. The molecule has 11 aliphatic rings. The third-order valence-electron chi connectivity index (χ3n) is 22.0. The molecule has 0 unspecified atom stereocenters. The Labute approximate surface area is 488 Å². The zero-order valence-corrected chi connectivity index (χ0v) is 48.0. The summed E-state index contributed by atoms with van der Waals surface area (Å²) < 4.78 is 19.6. The van der Waals surface area contributed by atoms with Crippen molar-refractivity contribution in [2.75, 3.05) is 18.5 Å². The van der Waals surface area contributed by atoms with Crippen molar-refractivity contribution in [1.82, 2.24) is 0 Å². The summed E-state index contributed by atoms with van der Waals surface area (Å²) in [5.41, 5.74) is 2.01. The number of phenols is 1. The maximum atomic E-state index is 16.1. The van der Waals surface area contributed by atoms with Gasteiger partial charge in [-0.1, -0.05) is 86.1 Å². The SMILES string of the molecule is C[C@@]1(O)CNc2cc(cc([C@H]3C#C[C@@H]4CC(=O)Oc5c4cc(c(O)c5C4CCCCC4)C[C@H]4OC(=O)/C(=C\[C@H](O)Cc5cccc(c5)C[C@H]5C(=O)C[C@H]6CC[C@@H]7[C@@H]8CCCC[C@H]8[C@]4(O)[C@H]6[C@H]75)C3)c2)[C@@H](O)CC#CC2CCC(CC2)OC[C@H]1O. The molecule has 0 amide bonds. The molecule has 0 saturated heterocycles. The summed E-state index contributed by atoms with van der Waals surface area (Å²) >= 11 is 0. The van der Waals surface area contributed by atoms with Crippen LogP contribution in [0.4, 0.5) is 5.69 Å². The van der Waals surface area contributed by atoms with Crippen LogP contribution < -0.4 is 10.1 Å². The van der Waals surface area contributed by atoms with E-state index in [1.54, 1.807) is 19.1 Å². The Morgan fingerprint density at radius 1 is 0.723 bits per heavy atom. The fourth-order valence-corrected chi connectivity index (χ4v) is 17.8. The molecule has 16 bridgehead atoms. The normalized spacial score (nSPS) is 38.8. The van der Waals surface area contributed by atoms with Gasteiger partial charge in [0, 0.05) is 72.4 Å². The molecule has 0 radical (unpaired) electrons. The molecule has 6 aliphatic carbocycles. The van der Waals surface area contributed by atoms with E-state index in [1.807, 2.05) is 30.3 Å². The lowest BCUT2D eigenvalue weighted by Gasteiger charge is -2.66. The molecule has 0 spiro atoms. The molecule has 3 aromatic rings. The molecule has 440 valence electrons. The van der Waals surface area contributed by atoms with E-state index in [4.69, 9.17) is 14.2 Å². The van der Waals surface area contributed by atoms with Gasteiger partial charge in [-0.25, -0.2) is 4.79 Å². The Kier molecular flexibility index (Phi) is 15.7.